The van der Waals surface area contributed by atoms with Crippen molar-refractivity contribution in [2.45, 2.75) is 38.4 Å². The van der Waals surface area contributed by atoms with Gasteiger partial charge in [-0.3, -0.25) is 0 Å². The molecule has 4 nitrogen and oxygen atoms in total. The van der Waals surface area contributed by atoms with E-state index in [9.17, 15) is 15.0 Å². The molecule has 0 heterocycles. The maximum Gasteiger partial charge on any atom is 0.330 e. The average Bonchev–Trinajstić information content (AvgIpc) is 2.39. The molecule has 0 radical (unpaired) electrons. The molecule has 2 N–H and O–H groups in total. The molecule has 2 atom stereocenters. The quantitative estimate of drug-likeness (QED) is 0.534. The number of carbonyl (C=O) groups excluding carboxylic acids is 1. The van der Waals surface area contributed by atoms with E-state index in [4.69, 9.17) is 4.74 Å². The molecular formula is C11H18O4. The van der Waals surface area contributed by atoms with Crippen LogP contribution in [0.5, 0.6) is 0 Å². The van der Waals surface area contributed by atoms with Gasteiger partial charge in [-0.2, -0.15) is 0 Å². The molecule has 0 spiro atoms. The molecule has 2 unspecified atom stereocenters. The lowest BCUT2D eigenvalue weighted by molar-refractivity contribution is -0.157. The summed E-state index contributed by atoms with van der Waals surface area (Å²) in [5.41, 5.74) is -1.81. The molecule has 1 rings (SSSR count). The van der Waals surface area contributed by atoms with Crippen LogP contribution < -0.4 is 0 Å². The lowest BCUT2D eigenvalue weighted by atomic mass is 9.77. The van der Waals surface area contributed by atoms with E-state index in [-0.39, 0.29) is 6.61 Å². The van der Waals surface area contributed by atoms with E-state index in [1.807, 2.05) is 0 Å². The molecule has 1 fully saturated rings. The molecule has 0 aromatic carbocycles. The Morgan fingerprint density at radius 1 is 1.67 bits per heavy atom. The van der Waals surface area contributed by atoms with Crippen molar-refractivity contribution in [2.24, 2.45) is 5.41 Å². The van der Waals surface area contributed by atoms with Crippen LogP contribution in [0.15, 0.2) is 12.7 Å². The zero-order valence-electron chi connectivity index (χ0n) is 9.19. The third kappa shape index (κ3) is 2.06. The van der Waals surface area contributed by atoms with Crippen molar-refractivity contribution in [3.05, 3.63) is 12.7 Å². The van der Waals surface area contributed by atoms with E-state index in [0.29, 0.717) is 12.8 Å². The van der Waals surface area contributed by atoms with Crippen molar-refractivity contribution in [3.8, 4) is 0 Å². The van der Waals surface area contributed by atoms with Crippen LogP contribution in [0, 0.1) is 5.41 Å². The molecule has 4 heteroatoms. The van der Waals surface area contributed by atoms with Crippen LogP contribution in [0.25, 0.3) is 0 Å². The Bertz CT molecular complexity index is 272. The summed E-state index contributed by atoms with van der Waals surface area (Å²) in [6, 6.07) is 0. The summed E-state index contributed by atoms with van der Waals surface area (Å²) in [6.07, 6.45) is 1.45. The highest BCUT2D eigenvalue weighted by Crippen LogP contribution is 2.46. The van der Waals surface area contributed by atoms with Crippen LogP contribution in [0.3, 0.4) is 0 Å². The maximum atomic E-state index is 10.9. The van der Waals surface area contributed by atoms with Crippen LogP contribution in [0.4, 0.5) is 0 Å². The monoisotopic (exact) mass is 214 g/mol. The number of rotatable bonds is 3. The first kappa shape index (κ1) is 12.2. The molecule has 1 saturated carbocycles. The Labute approximate surface area is 89.6 Å². The highest BCUT2D eigenvalue weighted by atomic mass is 16.5. The highest BCUT2D eigenvalue weighted by molar-refractivity contribution is 5.81. The number of hydrogen-bond donors (Lipinski definition) is 2. The van der Waals surface area contributed by atoms with Crippen LogP contribution >= 0.6 is 0 Å². The van der Waals surface area contributed by atoms with Gasteiger partial charge in [0, 0.05) is 11.5 Å². The van der Waals surface area contributed by atoms with Crippen molar-refractivity contribution >= 4 is 5.97 Å². The van der Waals surface area contributed by atoms with E-state index < -0.39 is 23.1 Å². The number of aliphatic hydroxyl groups is 2. The van der Waals surface area contributed by atoms with Gasteiger partial charge in [0.1, 0.15) is 12.2 Å². The fourth-order valence-corrected chi connectivity index (χ4v) is 1.88. The fourth-order valence-electron chi connectivity index (χ4n) is 1.88. The smallest absolute Gasteiger partial charge is 0.330 e. The molecule has 0 aromatic heterocycles. The van der Waals surface area contributed by atoms with Gasteiger partial charge in [-0.1, -0.05) is 20.4 Å². The van der Waals surface area contributed by atoms with Crippen LogP contribution in [0.1, 0.15) is 26.7 Å². The molecule has 0 bridgehead atoms. The largest absolute Gasteiger partial charge is 0.459 e. The summed E-state index contributed by atoms with van der Waals surface area (Å²) in [4.78, 5) is 10.9. The minimum absolute atomic E-state index is 0.0953. The van der Waals surface area contributed by atoms with Gasteiger partial charge < -0.3 is 14.9 Å². The Hall–Kier alpha value is -0.870. The first-order chi connectivity index (χ1) is 6.83. The molecular weight excluding hydrogens is 196 g/mol. The Balaban J connectivity index is 2.67. The van der Waals surface area contributed by atoms with Crippen molar-refractivity contribution in [3.63, 3.8) is 0 Å². The summed E-state index contributed by atoms with van der Waals surface area (Å²) in [7, 11) is 0. The third-order valence-electron chi connectivity index (χ3n) is 3.48. The summed E-state index contributed by atoms with van der Waals surface area (Å²) >= 11 is 0. The standard InChI is InChI=1S/C11H18O4/c1-4-9(13)15-7-11(14)6-5-8(12)10(11,2)3/h4,8,12,14H,1,5-7H2,2-3H3. The third-order valence-corrected chi connectivity index (χ3v) is 3.48. The molecule has 0 amide bonds. The van der Waals surface area contributed by atoms with Gasteiger partial charge in [-0.15, -0.1) is 0 Å². The van der Waals surface area contributed by atoms with Crippen molar-refractivity contribution in [1.82, 2.24) is 0 Å². The van der Waals surface area contributed by atoms with Crippen molar-refractivity contribution in [2.75, 3.05) is 6.61 Å². The molecule has 1 aliphatic carbocycles. The van der Waals surface area contributed by atoms with Gasteiger partial charge >= 0.3 is 5.97 Å². The first-order valence-electron chi connectivity index (χ1n) is 5.03. The normalized spacial score (nSPS) is 33.7. The number of aliphatic hydroxyl groups excluding tert-OH is 1. The second kappa shape index (κ2) is 3.94. The van der Waals surface area contributed by atoms with Crippen LogP contribution in [-0.4, -0.2) is 34.5 Å². The minimum atomic E-state index is -1.15. The van der Waals surface area contributed by atoms with Gasteiger partial charge in [0.15, 0.2) is 0 Å². The minimum Gasteiger partial charge on any atom is -0.459 e. The molecule has 86 valence electrons. The topological polar surface area (TPSA) is 66.8 Å². The zero-order valence-corrected chi connectivity index (χ0v) is 9.19. The lowest BCUT2D eigenvalue weighted by Crippen LogP contribution is -2.48. The molecule has 0 aliphatic heterocycles. The van der Waals surface area contributed by atoms with Crippen LogP contribution in [0.2, 0.25) is 0 Å². The SMILES string of the molecule is C=CC(=O)OCC1(O)CCC(O)C1(C)C. The average molecular weight is 214 g/mol. The van der Waals surface area contributed by atoms with E-state index in [2.05, 4.69) is 6.58 Å². The lowest BCUT2D eigenvalue weighted by Gasteiger charge is -2.37. The number of ether oxygens (including phenoxy) is 1. The van der Waals surface area contributed by atoms with E-state index in [1.165, 1.54) is 0 Å². The predicted octanol–water partition coefficient (Wildman–Crippen LogP) is 0.628. The van der Waals surface area contributed by atoms with E-state index in [0.717, 1.165) is 6.08 Å². The van der Waals surface area contributed by atoms with Gasteiger partial charge in [-0.05, 0) is 12.8 Å². The van der Waals surface area contributed by atoms with Crippen LogP contribution in [-0.2, 0) is 9.53 Å². The van der Waals surface area contributed by atoms with Gasteiger partial charge in [0.25, 0.3) is 0 Å². The van der Waals surface area contributed by atoms with Crippen molar-refractivity contribution in [1.29, 1.82) is 0 Å². The molecule has 15 heavy (non-hydrogen) atoms. The number of carbonyl (C=O) groups is 1. The number of esters is 1. The zero-order chi connectivity index (χ0) is 11.7. The predicted molar refractivity (Wildman–Crippen MR) is 55.1 cm³/mol. The fraction of sp³-hybridized carbons (Fsp3) is 0.727. The second-order valence-electron chi connectivity index (χ2n) is 4.62. The maximum absolute atomic E-state index is 10.9. The van der Waals surface area contributed by atoms with E-state index >= 15 is 0 Å². The highest BCUT2D eigenvalue weighted by Gasteiger charge is 2.53. The summed E-state index contributed by atoms with van der Waals surface area (Å²) in [6.45, 7) is 6.72. The van der Waals surface area contributed by atoms with E-state index in [1.54, 1.807) is 13.8 Å². The summed E-state index contributed by atoms with van der Waals surface area (Å²) < 4.78 is 4.84. The molecule has 1 aliphatic rings. The van der Waals surface area contributed by atoms with Gasteiger partial charge in [-0.25, -0.2) is 4.79 Å². The first-order valence-corrected chi connectivity index (χ1v) is 5.03. The van der Waals surface area contributed by atoms with Crippen molar-refractivity contribution < 1.29 is 19.7 Å². The molecule has 0 aromatic rings. The van der Waals surface area contributed by atoms with Gasteiger partial charge in [0.05, 0.1) is 6.10 Å². The summed E-state index contributed by atoms with van der Waals surface area (Å²) in [5.74, 6) is -0.555. The summed E-state index contributed by atoms with van der Waals surface area (Å²) in [5, 5.41) is 20.0. The Kier molecular flexibility index (Phi) is 3.21. The van der Waals surface area contributed by atoms with Gasteiger partial charge in [0.2, 0.25) is 0 Å². The molecule has 0 saturated heterocycles. The Morgan fingerprint density at radius 3 is 2.67 bits per heavy atom. The Morgan fingerprint density at radius 2 is 2.27 bits per heavy atom. The number of hydrogen-bond acceptors (Lipinski definition) is 4. The second-order valence-corrected chi connectivity index (χ2v) is 4.62.